The van der Waals surface area contributed by atoms with Crippen molar-refractivity contribution >= 4 is 29.5 Å². The molecular formula is C32H58N6O5. The van der Waals surface area contributed by atoms with Crippen molar-refractivity contribution in [3.63, 3.8) is 0 Å². The summed E-state index contributed by atoms with van der Waals surface area (Å²) in [5, 5.41) is 6.16. The Hall–Kier alpha value is -2.53. The van der Waals surface area contributed by atoms with Gasteiger partial charge in [-0.15, -0.1) is 0 Å². The summed E-state index contributed by atoms with van der Waals surface area (Å²) >= 11 is 0. The summed E-state index contributed by atoms with van der Waals surface area (Å²) in [6, 6.07) is -3.27. The fourth-order valence-corrected chi connectivity index (χ4v) is 6.57. The van der Waals surface area contributed by atoms with E-state index in [2.05, 4.69) is 10.6 Å². The maximum Gasteiger partial charge on any atom is 0.252 e. The molecule has 0 spiro atoms. The zero-order valence-electron chi connectivity index (χ0n) is 28.7. The summed E-state index contributed by atoms with van der Waals surface area (Å²) < 4.78 is 0. The highest BCUT2D eigenvalue weighted by atomic mass is 16.2. The normalized spacial score (nSPS) is 21.3. The molecule has 2 rings (SSSR count). The fraction of sp³-hybridized carbons (Fsp3) is 0.844. The molecule has 11 heteroatoms. The Morgan fingerprint density at radius 3 is 1.84 bits per heavy atom. The number of likely N-dealkylation sites (N-methyl/N-ethyl adjacent to an activating group) is 2. The van der Waals surface area contributed by atoms with Gasteiger partial charge < -0.3 is 20.4 Å². The molecule has 2 saturated heterocycles. The molecule has 2 aliphatic heterocycles. The molecule has 11 nitrogen and oxygen atoms in total. The maximum absolute atomic E-state index is 14.2. The van der Waals surface area contributed by atoms with Gasteiger partial charge in [0, 0.05) is 19.1 Å². The maximum atomic E-state index is 14.2. The number of amides is 5. The topological polar surface area (TPSA) is 122 Å². The van der Waals surface area contributed by atoms with Crippen molar-refractivity contribution in [3.8, 4) is 0 Å². The Labute approximate surface area is 259 Å². The average molecular weight is 607 g/mol. The van der Waals surface area contributed by atoms with E-state index in [9.17, 15) is 24.0 Å². The Morgan fingerprint density at radius 2 is 1.40 bits per heavy atom. The highest BCUT2D eigenvalue weighted by molar-refractivity contribution is 6.03. The molecule has 5 atom stereocenters. The Kier molecular flexibility index (Phi) is 12.8. The predicted octanol–water partition coefficient (Wildman–Crippen LogP) is 2.09. The first kappa shape index (κ1) is 36.7. The summed E-state index contributed by atoms with van der Waals surface area (Å²) in [5.41, 5.74) is -0.761. The minimum absolute atomic E-state index is 0.0364. The molecule has 0 bridgehead atoms. The summed E-state index contributed by atoms with van der Waals surface area (Å²) in [5.74, 6) is -1.96. The second kappa shape index (κ2) is 15.0. The Morgan fingerprint density at radius 1 is 0.814 bits per heavy atom. The van der Waals surface area contributed by atoms with Gasteiger partial charge in [-0.1, -0.05) is 41.5 Å². The van der Waals surface area contributed by atoms with Crippen molar-refractivity contribution in [2.24, 2.45) is 17.8 Å². The number of carbonyl (C=O) groups excluding carboxylic acids is 5. The first-order valence-electron chi connectivity index (χ1n) is 16.0. The van der Waals surface area contributed by atoms with Gasteiger partial charge in [0.2, 0.25) is 23.6 Å². The van der Waals surface area contributed by atoms with E-state index in [1.165, 1.54) is 9.80 Å². The van der Waals surface area contributed by atoms with E-state index in [0.29, 0.717) is 25.8 Å². The molecule has 0 aromatic rings. The number of carbonyl (C=O) groups is 5. The van der Waals surface area contributed by atoms with Gasteiger partial charge in [0.15, 0.2) is 0 Å². The lowest BCUT2D eigenvalue weighted by atomic mass is 9.96. The minimum atomic E-state index is -0.843. The monoisotopic (exact) mass is 606 g/mol. The average Bonchev–Trinajstić information content (AvgIpc) is 3.58. The van der Waals surface area contributed by atoms with E-state index in [0.717, 1.165) is 13.0 Å². The number of nitrogens with one attached hydrogen (secondary N) is 2. The molecule has 2 fully saturated rings. The fourth-order valence-electron chi connectivity index (χ4n) is 6.57. The quantitative estimate of drug-likeness (QED) is 0.346. The van der Waals surface area contributed by atoms with Crippen LogP contribution in [0.5, 0.6) is 0 Å². The van der Waals surface area contributed by atoms with E-state index < -0.39 is 35.7 Å². The molecule has 5 amide bonds. The van der Waals surface area contributed by atoms with E-state index in [1.807, 2.05) is 81.3 Å². The first-order chi connectivity index (χ1) is 19.8. The lowest BCUT2D eigenvalue weighted by Gasteiger charge is -2.41. The summed E-state index contributed by atoms with van der Waals surface area (Å²) in [7, 11) is 5.27. The van der Waals surface area contributed by atoms with E-state index in [4.69, 9.17) is 0 Å². The summed E-state index contributed by atoms with van der Waals surface area (Å²) in [6.45, 7) is 18.0. The van der Waals surface area contributed by atoms with Gasteiger partial charge in [-0.2, -0.15) is 0 Å². The SMILES string of the molecule is CC(C)[C@H](NC(=O)[C@H](C(C)C)N(C)C)C(=O)N(C)[C@H](C(=O)N1CCC[C@H]1C(=O)N(C(=O)[C@@H]1CCCN1)C(C)(C)C)C(C)C. The number of hydrogen-bond acceptors (Lipinski definition) is 7. The Bertz CT molecular complexity index is 1010. The van der Waals surface area contributed by atoms with Crippen molar-refractivity contribution in [1.29, 1.82) is 0 Å². The summed E-state index contributed by atoms with van der Waals surface area (Å²) in [4.78, 5) is 75.2. The van der Waals surface area contributed by atoms with Gasteiger partial charge in [0.1, 0.15) is 18.1 Å². The molecule has 2 aliphatic rings. The van der Waals surface area contributed by atoms with Crippen LogP contribution in [0.25, 0.3) is 0 Å². The standard InChI is InChI=1S/C32H58N6O5/c1-19(2)24(34-27(39)25(20(3)4)35(10)11)30(42)36(12)26(21(5)6)31(43)37-18-14-16-23(37)29(41)38(32(7,8)9)28(40)22-15-13-17-33-22/h19-26,33H,13-18H2,1-12H3,(H,34,39)/t22-,23-,24-,25-,26-/m0/s1. The lowest BCUT2D eigenvalue weighted by Crippen LogP contribution is -2.62. The molecule has 0 saturated carbocycles. The largest absolute Gasteiger partial charge is 0.343 e. The van der Waals surface area contributed by atoms with Gasteiger partial charge in [-0.05, 0) is 84.8 Å². The molecular weight excluding hydrogens is 548 g/mol. The molecule has 246 valence electrons. The molecule has 2 heterocycles. The van der Waals surface area contributed by atoms with Crippen LogP contribution in [0.15, 0.2) is 0 Å². The van der Waals surface area contributed by atoms with Gasteiger partial charge in [0.05, 0.1) is 12.1 Å². The van der Waals surface area contributed by atoms with E-state index >= 15 is 0 Å². The number of likely N-dealkylation sites (tertiary alicyclic amines) is 1. The van der Waals surface area contributed by atoms with Gasteiger partial charge in [-0.3, -0.25) is 33.8 Å². The van der Waals surface area contributed by atoms with Crippen LogP contribution < -0.4 is 10.6 Å². The van der Waals surface area contributed by atoms with Gasteiger partial charge in [0.25, 0.3) is 5.91 Å². The summed E-state index contributed by atoms with van der Waals surface area (Å²) in [6.07, 6.45) is 2.63. The van der Waals surface area contributed by atoms with Crippen molar-refractivity contribution in [3.05, 3.63) is 0 Å². The second-order valence-corrected chi connectivity index (χ2v) is 14.5. The smallest absolute Gasteiger partial charge is 0.252 e. The van der Waals surface area contributed by atoms with Crippen molar-refractivity contribution in [2.45, 2.75) is 124 Å². The van der Waals surface area contributed by atoms with E-state index in [-0.39, 0.29) is 47.3 Å². The number of nitrogens with zero attached hydrogens (tertiary/aromatic N) is 4. The van der Waals surface area contributed by atoms with Gasteiger partial charge in [-0.25, -0.2) is 0 Å². The molecule has 0 radical (unpaired) electrons. The number of rotatable bonds is 11. The first-order valence-corrected chi connectivity index (χ1v) is 16.0. The third-order valence-electron chi connectivity index (χ3n) is 8.63. The van der Waals surface area contributed by atoms with Crippen LogP contribution in [-0.2, 0) is 24.0 Å². The highest BCUT2D eigenvalue weighted by Gasteiger charge is 2.47. The van der Waals surface area contributed by atoms with Crippen molar-refractivity contribution < 1.29 is 24.0 Å². The molecule has 0 unspecified atom stereocenters. The van der Waals surface area contributed by atoms with Crippen LogP contribution in [0.3, 0.4) is 0 Å². The Balaban J connectivity index is 2.34. The van der Waals surface area contributed by atoms with E-state index in [1.54, 1.807) is 11.9 Å². The number of hydrogen-bond donors (Lipinski definition) is 2. The third kappa shape index (κ3) is 8.56. The third-order valence-corrected chi connectivity index (χ3v) is 8.63. The van der Waals surface area contributed by atoms with Crippen LogP contribution in [0.1, 0.15) is 88.0 Å². The minimum Gasteiger partial charge on any atom is -0.343 e. The molecule has 0 aromatic carbocycles. The van der Waals surface area contributed by atoms with Crippen molar-refractivity contribution in [1.82, 2.24) is 30.2 Å². The molecule has 0 aromatic heterocycles. The molecule has 0 aliphatic carbocycles. The zero-order chi connectivity index (χ0) is 33.0. The van der Waals surface area contributed by atoms with Gasteiger partial charge >= 0.3 is 0 Å². The van der Waals surface area contributed by atoms with Crippen LogP contribution in [0.4, 0.5) is 0 Å². The molecule has 2 N–H and O–H groups in total. The highest BCUT2D eigenvalue weighted by Crippen LogP contribution is 2.28. The van der Waals surface area contributed by atoms with Crippen LogP contribution in [0.2, 0.25) is 0 Å². The van der Waals surface area contributed by atoms with Crippen molar-refractivity contribution in [2.75, 3.05) is 34.2 Å². The van der Waals surface area contributed by atoms with Crippen LogP contribution in [-0.4, -0.2) is 119 Å². The second-order valence-electron chi connectivity index (χ2n) is 14.5. The lowest BCUT2D eigenvalue weighted by molar-refractivity contribution is -0.159. The van der Waals surface area contributed by atoms with Crippen LogP contribution >= 0.6 is 0 Å². The predicted molar refractivity (Wildman–Crippen MR) is 168 cm³/mol. The number of imide groups is 1. The van der Waals surface area contributed by atoms with Crippen LogP contribution in [0, 0.1) is 17.8 Å². The molecule has 43 heavy (non-hydrogen) atoms. The zero-order valence-corrected chi connectivity index (χ0v) is 28.7.